The Morgan fingerprint density at radius 2 is 2.12 bits per heavy atom. The second kappa shape index (κ2) is 4.41. The summed E-state index contributed by atoms with van der Waals surface area (Å²) in [6.45, 7) is 0.980. The van der Waals surface area contributed by atoms with Gasteiger partial charge in [0.25, 0.3) is 0 Å². The average molecular weight is 237 g/mol. The van der Waals surface area contributed by atoms with Gasteiger partial charge < -0.3 is 10.3 Å². The van der Waals surface area contributed by atoms with Crippen LogP contribution in [0.1, 0.15) is 36.7 Å². The molecule has 2 aliphatic rings. The van der Waals surface area contributed by atoms with Crippen molar-refractivity contribution in [3.63, 3.8) is 0 Å². The van der Waals surface area contributed by atoms with Gasteiger partial charge in [-0.15, -0.1) is 0 Å². The molecule has 0 bridgehead atoms. The van der Waals surface area contributed by atoms with Crippen molar-refractivity contribution in [1.82, 2.24) is 9.55 Å². The van der Waals surface area contributed by atoms with Crippen LogP contribution in [0.4, 0.5) is 0 Å². The number of nitrogens with two attached hydrogens (primary N) is 1. The van der Waals surface area contributed by atoms with E-state index in [1.165, 1.54) is 35.9 Å². The van der Waals surface area contributed by atoms with E-state index in [2.05, 4.69) is 27.5 Å². The topological polar surface area (TPSA) is 43.8 Å². The third-order valence-electron chi connectivity index (χ3n) is 3.74. The number of aryl methyl sites for hydroxylation is 1. The molecule has 2 N–H and O–H groups in total. The zero-order valence-electron chi connectivity index (χ0n) is 9.56. The van der Waals surface area contributed by atoms with E-state index >= 15 is 0 Å². The molecule has 4 heteroatoms. The van der Waals surface area contributed by atoms with Crippen LogP contribution in [-0.4, -0.2) is 27.1 Å². The fourth-order valence-corrected chi connectivity index (χ4v) is 3.88. The van der Waals surface area contributed by atoms with Crippen LogP contribution in [0.25, 0.3) is 0 Å². The van der Waals surface area contributed by atoms with Gasteiger partial charge in [0, 0.05) is 30.4 Å². The van der Waals surface area contributed by atoms with E-state index in [-0.39, 0.29) is 0 Å². The zero-order valence-corrected chi connectivity index (χ0v) is 10.4. The van der Waals surface area contributed by atoms with E-state index in [1.54, 1.807) is 0 Å². The van der Waals surface area contributed by atoms with Crippen LogP contribution in [0, 0.1) is 0 Å². The summed E-state index contributed by atoms with van der Waals surface area (Å²) in [5.74, 6) is 4.57. The minimum atomic E-state index is 0.332. The van der Waals surface area contributed by atoms with Gasteiger partial charge in [-0.05, 0) is 37.2 Å². The molecule has 16 heavy (non-hydrogen) atoms. The molecule has 1 aromatic heterocycles. The zero-order chi connectivity index (χ0) is 11.0. The number of fused-ring (bicyclic) bond motifs is 1. The quantitative estimate of drug-likeness (QED) is 0.809. The highest BCUT2D eigenvalue weighted by molar-refractivity contribution is 7.99. The summed E-state index contributed by atoms with van der Waals surface area (Å²) >= 11 is 2.07. The number of nitrogens with zero attached hydrogens (tertiary/aromatic N) is 2. The van der Waals surface area contributed by atoms with Gasteiger partial charge in [0.1, 0.15) is 5.82 Å². The van der Waals surface area contributed by atoms with E-state index in [9.17, 15) is 0 Å². The van der Waals surface area contributed by atoms with Crippen molar-refractivity contribution >= 4 is 11.8 Å². The fourth-order valence-electron chi connectivity index (χ4n) is 2.78. The van der Waals surface area contributed by atoms with Crippen molar-refractivity contribution in [2.45, 2.75) is 44.2 Å². The van der Waals surface area contributed by atoms with E-state index in [1.807, 2.05) is 0 Å². The molecule has 0 aliphatic carbocycles. The predicted molar refractivity (Wildman–Crippen MR) is 67.8 cm³/mol. The lowest BCUT2D eigenvalue weighted by molar-refractivity contribution is 0.431. The van der Waals surface area contributed by atoms with Crippen LogP contribution in [-0.2, 0) is 13.0 Å². The lowest BCUT2D eigenvalue weighted by Gasteiger charge is -2.26. The molecule has 88 valence electrons. The Balaban J connectivity index is 1.86. The number of thioether (sulfide) groups is 1. The highest BCUT2D eigenvalue weighted by atomic mass is 32.2. The summed E-state index contributed by atoms with van der Waals surface area (Å²) in [5, 5.41) is 0. The summed E-state index contributed by atoms with van der Waals surface area (Å²) in [7, 11) is 0. The SMILES string of the molecule is NC1CCc2cnc(C3CCSCC3)n2C1. The van der Waals surface area contributed by atoms with Gasteiger partial charge >= 0.3 is 0 Å². The van der Waals surface area contributed by atoms with Crippen molar-refractivity contribution in [3.05, 3.63) is 17.7 Å². The second-order valence-electron chi connectivity index (χ2n) is 4.90. The molecule has 1 atom stereocenters. The molecular formula is C12H19N3S. The van der Waals surface area contributed by atoms with Gasteiger partial charge in [0.15, 0.2) is 0 Å². The Morgan fingerprint density at radius 3 is 2.94 bits per heavy atom. The Bertz CT molecular complexity index is 368. The summed E-state index contributed by atoms with van der Waals surface area (Å²) in [6.07, 6.45) is 6.87. The number of hydrogen-bond donors (Lipinski definition) is 1. The molecule has 1 saturated heterocycles. The van der Waals surface area contributed by atoms with Gasteiger partial charge in [0.2, 0.25) is 0 Å². The third kappa shape index (κ3) is 1.89. The van der Waals surface area contributed by atoms with Crippen molar-refractivity contribution in [3.8, 4) is 0 Å². The Kier molecular flexibility index (Phi) is 2.94. The summed E-state index contributed by atoms with van der Waals surface area (Å²) < 4.78 is 2.40. The predicted octanol–water partition coefficient (Wildman–Crippen LogP) is 1.77. The maximum atomic E-state index is 6.05. The van der Waals surface area contributed by atoms with Gasteiger partial charge in [-0.3, -0.25) is 0 Å². The Labute approximate surface area is 101 Å². The highest BCUT2D eigenvalue weighted by Crippen LogP contribution is 2.32. The van der Waals surface area contributed by atoms with Gasteiger partial charge in [0.05, 0.1) is 0 Å². The number of rotatable bonds is 1. The summed E-state index contributed by atoms with van der Waals surface area (Å²) in [4.78, 5) is 4.65. The van der Waals surface area contributed by atoms with Gasteiger partial charge in [-0.1, -0.05) is 0 Å². The van der Waals surface area contributed by atoms with Crippen molar-refractivity contribution in [2.24, 2.45) is 5.73 Å². The lowest BCUT2D eigenvalue weighted by atomic mass is 10.0. The van der Waals surface area contributed by atoms with E-state index in [0.717, 1.165) is 19.4 Å². The van der Waals surface area contributed by atoms with Gasteiger partial charge in [-0.2, -0.15) is 11.8 Å². The van der Waals surface area contributed by atoms with Crippen LogP contribution < -0.4 is 5.73 Å². The third-order valence-corrected chi connectivity index (χ3v) is 4.79. The monoisotopic (exact) mass is 237 g/mol. The van der Waals surface area contributed by atoms with Gasteiger partial charge in [-0.25, -0.2) is 4.98 Å². The Morgan fingerprint density at radius 1 is 1.31 bits per heavy atom. The summed E-state index contributed by atoms with van der Waals surface area (Å²) in [5.41, 5.74) is 7.45. The highest BCUT2D eigenvalue weighted by Gasteiger charge is 2.25. The molecule has 1 fully saturated rings. The number of imidazole rings is 1. The molecule has 0 saturated carbocycles. The number of hydrogen-bond acceptors (Lipinski definition) is 3. The van der Waals surface area contributed by atoms with Crippen LogP contribution in [0.3, 0.4) is 0 Å². The molecule has 1 unspecified atom stereocenters. The first-order valence-electron chi connectivity index (χ1n) is 6.22. The standard InChI is InChI=1S/C12H19N3S/c13-10-1-2-11-7-14-12(15(11)8-10)9-3-5-16-6-4-9/h7,9-10H,1-6,8,13H2. The molecule has 1 aromatic rings. The summed E-state index contributed by atoms with van der Waals surface area (Å²) in [6, 6.07) is 0.332. The largest absolute Gasteiger partial charge is 0.330 e. The second-order valence-corrected chi connectivity index (χ2v) is 6.13. The van der Waals surface area contributed by atoms with Crippen LogP contribution in [0.5, 0.6) is 0 Å². The van der Waals surface area contributed by atoms with Crippen LogP contribution in [0.2, 0.25) is 0 Å². The van der Waals surface area contributed by atoms with Crippen molar-refractivity contribution < 1.29 is 0 Å². The molecule has 0 aromatic carbocycles. The molecule has 3 heterocycles. The molecule has 0 amide bonds. The smallest absolute Gasteiger partial charge is 0.112 e. The first-order chi connectivity index (χ1) is 7.84. The molecule has 0 radical (unpaired) electrons. The normalized spacial score (nSPS) is 26.7. The van der Waals surface area contributed by atoms with Crippen molar-refractivity contribution in [2.75, 3.05) is 11.5 Å². The fraction of sp³-hybridized carbons (Fsp3) is 0.750. The minimum Gasteiger partial charge on any atom is -0.330 e. The Hall–Kier alpha value is -0.480. The van der Waals surface area contributed by atoms with Crippen LogP contribution >= 0.6 is 11.8 Å². The first kappa shape index (κ1) is 10.7. The first-order valence-corrected chi connectivity index (χ1v) is 7.37. The maximum absolute atomic E-state index is 6.05. The molecule has 0 spiro atoms. The molecular weight excluding hydrogens is 218 g/mol. The van der Waals surface area contributed by atoms with E-state index < -0.39 is 0 Å². The number of aromatic nitrogens is 2. The maximum Gasteiger partial charge on any atom is 0.112 e. The minimum absolute atomic E-state index is 0.332. The average Bonchev–Trinajstić information content (AvgIpc) is 2.73. The van der Waals surface area contributed by atoms with Crippen LogP contribution in [0.15, 0.2) is 6.20 Å². The van der Waals surface area contributed by atoms with Crippen molar-refractivity contribution in [1.29, 1.82) is 0 Å². The van der Waals surface area contributed by atoms with E-state index in [0.29, 0.717) is 12.0 Å². The lowest BCUT2D eigenvalue weighted by Crippen LogP contribution is -2.33. The molecule has 2 aliphatic heterocycles. The molecule has 3 nitrogen and oxygen atoms in total. The van der Waals surface area contributed by atoms with E-state index in [4.69, 9.17) is 5.73 Å². The molecule has 3 rings (SSSR count).